The van der Waals surface area contributed by atoms with Gasteiger partial charge in [0.15, 0.2) is 6.23 Å². The van der Waals surface area contributed by atoms with E-state index in [2.05, 4.69) is 0 Å². The Labute approximate surface area is 107 Å². The summed E-state index contributed by atoms with van der Waals surface area (Å²) >= 11 is 0. The van der Waals surface area contributed by atoms with Crippen LogP contribution >= 0.6 is 0 Å². The number of likely N-dealkylation sites (tertiary alicyclic amines) is 1. The summed E-state index contributed by atoms with van der Waals surface area (Å²) in [6, 6.07) is 9.59. The maximum Gasteiger partial charge on any atom is 0.294 e. The number of rotatable bonds is 5. The lowest BCUT2D eigenvalue weighted by Gasteiger charge is -2.36. The Kier molecular flexibility index (Phi) is 4.70. The fourth-order valence-corrected chi connectivity index (χ4v) is 2.48. The van der Waals surface area contributed by atoms with Gasteiger partial charge in [-0.1, -0.05) is 30.3 Å². The van der Waals surface area contributed by atoms with Crippen molar-refractivity contribution in [3.05, 3.63) is 35.9 Å². The second kappa shape index (κ2) is 6.50. The van der Waals surface area contributed by atoms with E-state index in [1.807, 2.05) is 35.2 Å². The van der Waals surface area contributed by atoms with Crippen LogP contribution in [-0.4, -0.2) is 31.1 Å². The highest BCUT2D eigenvalue weighted by atomic mass is 19.1. The Morgan fingerprint density at radius 2 is 2.22 bits per heavy atom. The molecule has 1 aromatic rings. The molecule has 1 aliphatic rings. The molecule has 0 aliphatic carbocycles. The molecular weight excluding hydrogens is 233 g/mol. The molecule has 4 heteroatoms. The second-order valence-corrected chi connectivity index (χ2v) is 4.65. The molecule has 2 unspecified atom stereocenters. The number of halogens is 1. The molecule has 98 valence electrons. The molecule has 0 N–H and O–H groups in total. The summed E-state index contributed by atoms with van der Waals surface area (Å²) in [5.74, 6) is 0.0558. The molecule has 1 aromatic carbocycles. The molecule has 0 aromatic heterocycles. The Morgan fingerprint density at radius 3 is 2.89 bits per heavy atom. The Morgan fingerprint density at radius 1 is 1.44 bits per heavy atom. The van der Waals surface area contributed by atoms with E-state index in [0.717, 1.165) is 24.9 Å². The quantitative estimate of drug-likeness (QED) is 0.753. The summed E-state index contributed by atoms with van der Waals surface area (Å²) < 4.78 is 18.0. The van der Waals surface area contributed by atoms with E-state index >= 15 is 0 Å². The van der Waals surface area contributed by atoms with Crippen molar-refractivity contribution in [2.24, 2.45) is 5.92 Å². The van der Waals surface area contributed by atoms with E-state index in [9.17, 15) is 9.18 Å². The van der Waals surface area contributed by atoms with E-state index in [1.54, 1.807) is 0 Å². The Bertz CT molecular complexity index is 371. The van der Waals surface area contributed by atoms with Gasteiger partial charge in [0, 0.05) is 24.6 Å². The zero-order valence-electron chi connectivity index (χ0n) is 10.3. The number of ether oxygens (including phenoxy) is 1. The first-order chi connectivity index (χ1) is 8.85. The van der Waals surface area contributed by atoms with Gasteiger partial charge >= 0.3 is 0 Å². The van der Waals surface area contributed by atoms with Crippen LogP contribution in [0.25, 0.3) is 0 Å². The number of alkyl halides is 1. The molecule has 3 nitrogen and oxygen atoms in total. The maximum absolute atomic E-state index is 12.8. The Hall–Kier alpha value is -1.42. The molecule has 0 saturated carbocycles. The first kappa shape index (κ1) is 13.0. The van der Waals surface area contributed by atoms with Crippen LogP contribution in [-0.2, 0) is 9.53 Å². The van der Waals surface area contributed by atoms with Crippen molar-refractivity contribution in [2.75, 3.05) is 19.8 Å². The van der Waals surface area contributed by atoms with Gasteiger partial charge in [0.25, 0.3) is 6.47 Å². The minimum atomic E-state index is -0.391. The van der Waals surface area contributed by atoms with Crippen LogP contribution in [0.4, 0.5) is 4.39 Å². The zero-order chi connectivity index (χ0) is 12.8. The lowest BCUT2D eigenvalue weighted by Crippen LogP contribution is -2.39. The minimum absolute atomic E-state index is 0.0558. The lowest BCUT2D eigenvalue weighted by molar-refractivity contribution is -0.146. The number of nitrogens with zero attached hydrogens (tertiary/aromatic N) is 1. The van der Waals surface area contributed by atoms with Crippen molar-refractivity contribution < 1.29 is 13.9 Å². The number of benzene rings is 1. The summed E-state index contributed by atoms with van der Waals surface area (Å²) in [5.41, 5.74) is 0.934. The molecule has 2 atom stereocenters. The summed E-state index contributed by atoms with van der Waals surface area (Å²) in [5, 5.41) is 0. The molecule has 0 amide bonds. The fraction of sp³-hybridized carbons (Fsp3) is 0.500. The highest BCUT2D eigenvalue weighted by Crippen LogP contribution is 2.27. The molecule has 18 heavy (non-hydrogen) atoms. The van der Waals surface area contributed by atoms with Gasteiger partial charge in [0.05, 0.1) is 6.67 Å². The normalized spacial score (nSPS) is 22.4. The molecule has 1 fully saturated rings. The molecule has 0 radical (unpaired) electrons. The van der Waals surface area contributed by atoms with Crippen molar-refractivity contribution in [1.82, 2.24) is 4.90 Å². The molecule has 0 bridgehead atoms. The summed E-state index contributed by atoms with van der Waals surface area (Å²) in [6.07, 6.45) is 1.47. The molecule has 0 spiro atoms. The summed E-state index contributed by atoms with van der Waals surface area (Å²) in [6.45, 7) is 1.64. The van der Waals surface area contributed by atoms with E-state index in [1.165, 1.54) is 0 Å². The number of hydrogen-bond donors (Lipinski definition) is 0. The predicted octanol–water partition coefficient (Wildman–Crippen LogP) is 2.54. The van der Waals surface area contributed by atoms with Gasteiger partial charge in [-0.3, -0.25) is 14.1 Å². The molecule has 1 aliphatic heterocycles. The summed E-state index contributed by atoms with van der Waals surface area (Å²) in [7, 11) is 0. The van der Waals surface area contributed by atoms with Gasteiger partial charge < -0.3 is 4.74 Å². The predicted molar refractivity (Wildman–Crippen MR) is 66.6 cm³/mol. The summed E-state index contributed by atoms with van der Waals surface area (Å²) in [4.78, 5) is 12.7. The maximum atomic E-state index is 12.8. The first-order valence-corrected chi connectivity index (χ1v) is 6.29. The third kappa shape index (κ3) is 3.07. The van der Waals surface area contributed by atoms with Gasteiger partial charge in [-0.2, -0.15) is 0 Å². The molecular formula is C14H18FNO2. The lowest BCUT2D eigenvalue weighted by atomic mass is 9.98. The first-order valence-electron chi connectivity index (χ1n) is 6.29. The zero-order valence-corrected chi connectivity index (χ0v) is 10.3. The van der Waals surface area contributed by atoms with Crippen molar-refractivity contribution >= 4 is 6.47 Å². The van der Waals surface area contributed by atoms with Gasteiger partial charge in [0.2, 0.25) is 0 Å². The SMILES string of the molecule is O=COC(c1ccccc1)N1CCCC(CF)C1. The number of carbonyl (C=O) groups excluding carboxylic acids is 1. The van der Waals surface area contributed by atoms with Gasteiger partial charge in [0.1, 0.15) is 0 Å². The van der Waals surface area contributed by atoms with E-state index < -0.39 is 6.23 Å². The standard InChI is InChI=1S/C14H18FNO2/c15-9-12-5-4-8-16(10-12)14(18-11-17)13-6-2-1-3-7-13/h1-3,6-7,11-12,14H,4-5,8-10H2. The number of hydrogen-bond acceptors (Lipinski definition) is 3. The van der Waals surface area contributed by atoms with Crippen molar-refractivity contribution in [3.8, 4) is 0 Å². The van der Waals surface area contributed by atoms with Crippen molar-refractivity contribution in [2.45, 2.75) is 19.1 Å². The van der Waals surface area contributed by atoms with Crippen molar-refractivity contribution in [3.63, 3.8) is 0 Å². The van der Waals surface area contributed by atoms with Crippen LogP contribution in [0, 0.1) is 5.92 Å². The van der Waals surface area contributed by atoms with Gasteiger partial charge in [-0.05, 0) is 12.8 Å². The second-order valence-electron chi connectivity index (χ2n) is 4.65. The van der Waals surface area contributed by atoms with Gasteiger partial charge in [-0.15, -0.1) is 0 Å². The van der Waals surface area contributed by atoms with Crippen molar-refractivity contribution in [1.29, 1.82) is 0 Å². The van der Waals surface area contributed by atoms with Crippen LogP contribution in [0.1, 0.15) is 24.6 Å². The largest absolute Gasteiger partial charge is 0.444 e. The van der Waals surface area contributed by atoms with Gasteiger partial charge in [-0.25, -0.2) is 0 Å². The topological polar surface area (TPSA) is 29.5 Å². The third-order valence-corrected chi connectivity index (χ3v) is 3.37. The number of piperidine rings is 1. The van der Waals surface area contributed by atoms with Crippen LogP contribution < -0.4 is 0 Å². The Balaban J connectivity index is 2.12. The average molecular weight is 251 g/mol. The smallest absolute Gasteiger partial charge is 0.294 e. The monoisotopic (exact) mass is 251 g/mol. The molecule has 2 rings (SSSR count). The van der Waals surface area contributed by atoms with Crippen LogP contribution in [0.3, 0.4) is 0 Å². The fourth-order valence-electron chi connectivity index (χ4n) is 2.48. The molecule has 1 heterocycles. The average Bonchev–Trinajstić information content (AvgIpc) is 2.46. The minimum Gasteiger partial charge on any atom is -0.444 e. The van der Waals surface area contributed by atoms with E-state index in [0.29, 0.717) is 13.0 Å². The van der Waals surface area contributed by atoms with Crippen LogP contribution in [0.5, 0.6) is 0 Å². The highest BCUT2D eigenvalue weighted by Gasteiger charge is 2.27. The number of carbonyl (C=O) groups is 1. The highest BCUT2D eigenvalue weighted by molar-refractivity contribution is 5.38. The van der Waals surface area contributed by atoms with Crippen LogP contribution in [0.15, 0.2) is 30.3 Å². The third-order valence-electron chi connectivity index (χ3n) is 3.37. The van der Waals surface area contributed by atoms with E-state index in [4.69, 9.17) is 4.74 Å². The van der Waals surface area contributed by atoms with Crippen LogP contribution in [0.2, 0.25) is 0 Å². The van der Waals surface area contributed by atoms with E-state index in [-0.39, 0.29) is 12.6 Å². The molecule has 1 saturated heterocycles.